The van der Waals surface area contributed by atoms with Crippen LogP contribution in [0.4, 0.5) is 42.9 Å². The molecule has 70 heavy (non-hydrogen) atoms. The normalized spacial score (nSPS) is 11.4. The summed E-state index contributed by atoms with van der Waals surface area (Å²) < 4.78 is 31.1. The van der Waals surface area contributed by atoms with Gasteiger partial charge in [-0.15, -0.1) is 0 Å². The molecular formula is C66H46F2N2. The number of halogens is 2. The van der Waals surface area contributed by atoms with Gasteiger partial charge in [0.1, 0.15) is 11.6 Å². The lowest BCUT2D eigenvalue weighted by molar-refractivity contribution is 0.627. The highest BCUT2D eigenvalue weighted by molar-refractivity contribution is 6.28. The third kappa shape index (κ3) is 7.89. The lowest BCUT2D eigenvalue weighted by Crippen LogP contribution is -2.12. The SMILES string of the molecule is Cc1ccc(-c2cc(-c3ccccc3)cc(N(c3cccc(F)c3)c3ccc4ccc5c(N(c6cccc(F)c6)c6cc(-c7ccccc7)cc(-c7ccc(C)cc7)c6)ccc6ccc3c4c65)c2)cc1. The van der Waals surface area contributed by atoms with Crippen LogP contribution in [0, 0.1) is 25.5 Å². The van der Waals surface area contributed by atoms with Gasteiger partial charge in [0.2, 0.25) is 0 Å². The van der Waals surface area contributed by atoms with E-state index in [-0.39, 0.29) is 11.6 Å². The van der Waals surface area contributed by atoms with Crippen molar-refractivity contribution in [1.82, 2.24) is 0 Å². The Morgan fingerprint density at radius 1 is 0.271 bits per heavy atom. The van der Waals surface area contributed by atoms with E-state index in [1.807, 2.05) is 24.3 Å². The van der Waals surface area contributed by atoms with E-state index in [4.69, 9.17) is 0 Å². The van der Waals surface area contributed by atoms with Crippen molar-refractivity contribution < 1.29 is 8.78 Å². The largest absolute Gasteiger partial charge is 0.310 e. The molecule has 12 aromatic carbocycles. The Kier molecular flexibility index (Phi) is 10.7. The van der Waals surface area contributed by atoms with Crippen LogP contribution in [0.1, 0.15) is 11.1 Å². The van der Waals surface area contributed by atoms with E-state index in [0.717, 1.165) is 99.6 Å². The molecule has 0 fully saturated rings. The lowest BCUT2D eigenvalue weighted by atomic mass is 9.91. The van der Waals surface area contributed by atoms with Crippen LogP contribution in [0.2, 0.25) is 0 Å². The second kappa shape index (κ2) is 17.7. The summed E-state index contributed by atoms with van der Waals surface area (Å²) in [6, 6.07) is 82.6. The maximum absolute atomic E-state index is 15.6. The zero-order valence-electron chi connectivity index (χ0n) is 38.7. The van der Waals surface area contributed by atoms with E-state index in [0.29, 0.717) is 11.4 Å². The molecule has 0 N–H and O–H groups in total. The quantitative estimate of drug-likeness (QED) is 0.126. The van der Waals surface area contributed by atoms with Crippen molar-refractivity contribution in [3.8, 4) is 44.5 Å². The highest BCUT2D eigenvalue weighted by atomic mass is 19.1. The van der Waals surface area contributed by atoms with Crippen molar-refractivity contribution in [2.75, 3.05) is 9.80 Å². The van der Waals surface area contributed by atoms with Crippen molar-refractivity contribution in [2.45, 2.75) is 13.8 Å². The number of rotatable bonds is 10. The zero-order chi connectivity index (χ0) is 47.3. The minimum absolute atomic E-state index is 0.317. The van der Waals surface area contributed by atoms with Gasteiger partial charge in [0.05, 0.1) is 11.4 Å². The summed E-state index contributed by atoms with van der Waals surface area (Å²) in [6.07, 6.45) is 0. The minimum Gasteiger partial charge on any atom is -0.310 e. The molecule has 0 aliphatic rings. The van der Waals surface area contributed by atoms with Crippen molar-refractivity contribution >= 4 is 66.4 Å². The lowest BCUT2D eigenvalue weighted by Gasteiger charge is -2.30. The maximum atomic E-state index is 15.6. The van der Waals surface area contributed by atoms with E-state index in [1.54, 1.807) is 24.3 Å². The van der Waals surface area contributed by atoms with Crippen LogP contribution < -0.4 is 9.80 Å². The van der Waals surface area contributed by atoms with Crippen LogP contribution >= 0.6 is 0 Å². The van der Waals surface area contributed by atoms with Gasteiger partial charge in [-0.3, -0.25) is 0 Å². The molecule has 0 unspecified atom stereocenters. The van der Waals surface area contributed by atoms with Gasteiger partial charge in [0.15, 0.2) is 0 Å². The fourth-order valence-electron chi connectivity index (χ4n) is 10.1. The Hall–Kier alpha value is -8.86. The summed E-state index contributed by atoms with van der Waals surface area (Å²) >= 11 is 0. The molecule has 0 spiro atoms. The smallest absolute Gasteiger partial charge is 0.125 e. The van der Waals surface area contributed by atoms with Crippen LogP contribution in [0.25, 0.3) is 76.8 Å². The standard InChI is InChI=1S/C66H46F2N2/c1-43-19-23-47(24-20-43)53-35-51(45-11-5-3-6-12-45)37-59(39-53)69(57-17-9-15-55(67)41-57)63-33-29-49-28-32-62-64(34-30-50-27-31-61(63)65(49)66(50)62)70(58-18-10-16-56(68)42-58)60-38-52(46-13-7-4-8-14-46)36-54(40-60)48-25-21-44(2)22-26-48/h3-42H,1-2H3. The van der Waals surface area contributed by atoms with Gasteiger partial charge < -0.3 is 9.80 Å². The molecule has 2 nitrogen and oxygen atoms in total. The molecule has 0 atom stereocenters. The fraction of sp³-hybridized carbons (Fsp3) is 0.0303. The fourth-order valence-corrected chi connectivity index (χ4v) is 10.1. The highest BCUT2D eigenvalue weighted by Crippen LogP contribution is 2.49. The molecule has 0 saturated heterocycles. The van der Waals surface area contributed by atoms with E-state index >= 15 is 8.78 Å². The van der Waals surface area contributed by atoms with Crippen molar-refractivity contribution in [1.29, 1.82) is 0 Å². The topological polar surface area (TPSA) is 6.48 Å². The summed E-state index contributed by atoms with van der Waals surface area (Å²) in [5, 5.41) is 6.37. The molecular weight excluding hydrogens is 859 g/mol. The summed E-state index contributed by atoms with van der Waals surface area (Å²) in [4.78, 5) is 4.39. The first-order valence-electron chi connectivity index (χ1n) is 23.7. The number of hydrogen-bond donors (Lipinski definition) is 0. The summed E-state index contributed by atoms with van der Waals surface area (Å²) in [5.74, 6) is -0.635. The molecule has 0 amide bonds. The first-order chi connectivity index (χ1) is 34.3. The molecule has 334 valence electrons. The Morgan fingerprint density at radius 3 is 1.00 bits per heavy atom. The van der Waals surface area contributed by atoms with Crippen molar-refractivity contribution in [2.24, 2.45) is 0 Å². The van der Waals surface area contributed by atoms with Gasteiger partial charge in [-0.2, -0.15) is 0 Å². The van der Waals surface area contributed by atoms with Crippen LogP contribution in [-0.2, 0) is 0 Å². The van der Waals surface area contributed by atoms with Gasteiger partial charge in [-0.05, 0) is 165 Å². The molecule has 0 bridgehead atoms. The van der Waals surface area contributed by atoms with Crippen LogP contribution in [0.15, 0.2) is 243 Å². The van der Waals surface area contributed by atoms with Gasteiger partial charge in [0.25, 0.3) is 0 Å². The number of anilines is 6. The molecule has 0 aliphatic carbocycles. The summed E-state index contributed by atoms with van der Waals surface area (Å²) in [5.41, 5.74) is 16.0. The molecule has 0 saturated carbocycles. The van der Waals surface area contributed by atoms with Crippen LogP contribution in [0.3, 0.4) is 0 Å². The summed E-state index contributed by atoms with van der Waals surface area (Å²) in [6.45, 7) is 4.20. The van der Waals surface area contributed by atoms with Crippen molar-refractivity contribution in [3.05, 3.63) is 265 Å². The molecule has 0 radical (unpaired) electrons. The Bertz CT molecular complexity index is 3610. The number of benzene rings is 12. The molecule has 0 heterocycles. The van der Waals surface area contributed by atoms with Crippen molar-refractivity contribution in [3.63, 3.8) is 0 Å². The molecule has 0 aromatic heterocycles. The number of hydrogen-bond acceptors (Lipinski definition) is 2. The Morgan fingerprint density at radius 2 is 0.629 bits per heavy atom. The Labute approximate surface area is 406 Å². The highest BCUT2D eigenvalue weighted by Gasteiger charge is 2.24. The summed E-state index contributed by atoms with van der Waals surface area (Å²) in [7, 11) is 0. The number of nitrogens with zero attached hydrogens (tertiary/aromatic N) is 2. The average Bonchev–Trinajstić information content (AvgIpc) is 3.39. The minimum atomic E-state index is -0.317. The first-order valence-corrected chi connectivity index (χ1v) is 23.7. The average molecular weight is 905 g/mol. The van der Waals surface area contributed by atoms with E-state index in [2.05, 4.69) is 206 Å². The monoisotopic (exact) mass is 904 g/mol. The van der Waals surface area contributed by atoms with Gasteiger partial charge in [0, 0.05) is 33.5 Å². The van der Waals surface area contributed by atoms with Crippen LogP contribution in [-0.4, -0.2) is 0 Å². The maximum Gasteiger partial charge on any atom is 0.125 e. The van der Waals surface area contributed by atoms with Gasteiger partial charge in [-0.25, -0.2) is 8.78 Å². The van der Waals surface area contributed by atoms with E-state index in [1.165, 1.54) is 23.3 Å². The zero-order valence-corrected chi connectivity index (χ0v) is 38.7. The van der Waals surface area contributed by atoms with Crippen LogP contribution in [0.5, 0.6) is 0 Å². The van der Waals surface area contributed by atoms with E-state index in [9.17, 15) is 0 Å². The van der Waals surface area contributed by atoms with Gasteiger partial charge in [-0.1, -0.05) is 169 Å². The molecule has 0 aliphatic heterocycles. The third-order valence-electron chi connectivity index (χ3n) is 13.6. The second-order valence-electron chi connectivity index (χ2n) is 18.2. The molecule has 12 aromatic rings. The second-order valence-corrected chi connectivity index (χ2v) is 18.2. The molecule has 4 heteroatoms. The predicted octanol–water partition coefficient (Wildman–Crippen LogP) is 19.1. The first kappa shape index (κ1) is 42.5. The predicted molar refractivity (Wildman–Crippen MR) is 291 cm³/mol. The third-order valence-corrected chi connectivity index (χ3v) is 13.6. The molecule has 12 rings (SSSR count). The van der Waals surface area contributed by atoms with Gasteiger partial charge >= 0.3 is 0 Å². The number of aryl methyl sites for hydroxylation is 2. The van der Waals surface area contributed by atoms with E-state index < -0.39 is 0 Å². The Balaban J connectivity index is 1.10.